The first-order valence-corrected chi connectivity index (χ1v) is 26.7. The number of carbonyl (C=O) groups is 11. The van der Waals surface area contributed by atoms with Crippen LogP contribution < -0.4 is 20.9 Å². The monoisotopic (exact) mass is 1660 g/mol. The molecule has 2 aromatic rings. The highest BCUT2D eigenvalue weighted by molar-refractivity contribution is 14.1. The van der Waals surface area contributed by atoms with Crippen LogP contribution in [-0.2, 0) is 89.3 Å². The Kier molecular flexibility index (Phi) is 28.7. The lowest BCUT2D eigenvalue weighted by Crippen LogP contribution is -2.43. The van der Waals surface area contributed by atoms with Gasteiger partial charge in [0.05, 0.1) is 36.4 Å². The third-order valence-electron chi connectivity index (χ3n) is 8.70. The number of benzene rings is 2. The number of hydrogen-bond acceptors (Lipinski definition) is 16. The van der Waals surface area contributed by atoms with Crippen LogP contribution >= 0.6 is 136 Å². The number of carboxylic acid groups (broad SMARTS) is 2. The van der Waals surface area contributed by atoms with Crippen molar-refractivity contribution >= 4 is 224 Å². The molecule has 2 aromatic carbocycles. The SMILES string of the molecule is CC(=O)OC(C)C(=O)Nc1c(I)c(CCC(=O)O)c(I)c(NC(=O)C(C)OC(C)=O)c1I.CC(=O)OCCN(C(=O)C(C)OC(C)=O)c1c(I)c(CCC(=O)O)c(I)c(NC(=O)C(C)OC(C)=O)c1I. The zero-order valence-electron chi connectivity index (χ0n) is 38.7. The minimum absolute atomic E-state index is 0.0731. The molecule has 4 atom stereocenters. The number of amides is 4. The van der Waals surface area contributed by atoms with E-state index in [0.29, 0.717) is 49.6 Å². The van der Waals surface area contributed by atoms with E-state index in [-0.39, 0.29) is 44.5 Å². The molecule has 0 aromatic heterocycles. The van der Waals surface area contributed by atoms with Gasteiger partial charge >= 0.3 is 41.8 Å². The minimum Gasteiger partial charge on any atom is -0.481 e. The molecule has 4 amide bonds. The zero-order chi connectivity index (χ0) is 54.1. The van der Waals surface area contributed by atoms with Gasteiger partial charge in [0, 0.05) is 61.7 Å². The lowest BCUT2D eigenvalue weighted by Gasteiger charge is -2.30. The summed E-state index contributed by atoms with van der Waals surface area (Å²) in [7, 11) is 0. The van der Waals surface area contributed by atoms with Crippen molar-refractivity contribution in [3.63, 3.8) is 0 Å². The predicted octanol–water partition coefficient (Wildman–Crippen LogP) is 6.55. The Morgan fingerprint density at radius 2 is 0.786 bits per heavy atom. The van der Waals surface area contributed by atoms with E-state index in [1.807, 2.05) is 136 Å². The van der Waals surface area contributed by atoms with Crippen molar-refractivity contribution in [2.45, 2.75) is 112 Å². The molecule has 70 heavy (non-hydrogen) atoms. The van der Waals surface area contributed by atoms with Gasteiger partial charge in [0.25, 0.3) is 23.6 Å². The lowest BCUT2D eigenvalue weighted by atomic mass is 10.1. The van der Waals surface area contributed by atoms with E-state index in [9.17, 15) is 57.8 Å². The molecule has 2 rings (SSSR count). The summed E-state index contributed by atoms with van der Waals surface area (Å²) in [4.78, 5) is 132. The summed E-state index contributed by atoms with van der Waals surface area (Å²) in [6, 6.07) is 0. The number of nitrogens with one attached hydrogen (secondary N) is 3. The van der Waals surface area contributed by atoms with Gasteiger partial charge in [0.2, 0.25) is 0 Å². The number of anilines is 4. The molecule has 0 fully saturated rings. The Labute approximate surface area is 483 Å². The minimum atomic E-state index is -1.19. The van der Waals surface area contributed by atoms with Crippen molar-refractivity contribution in [1.29, 1.82) is 0 Å². The van der Waals surface area contributed by atoms with Crippen LogP contribution in [-0.4, -0.2) is 113 Å². The van der Waals surface area contributed by atoms with Crippen molar-refractivity contribution in [2.75, 3.05) is 34.0 Å². The first kappa shape index (κ1) is 65.0. The van der Waals surface area contributed by atoms with Crippen LogP contribution in [0.5, 0.6) is 0 Å². The Hall–Kier alpha value is -3.01. The molecule has 0 saturated heterocycles. The number of carbonyl (C=O) groups excluding carboxylic acids is 9. The van der Waals surface area contributed by atoms with Gasteiger partial charge in [-0.15, -0.1) is 0 Å². The van der Waals surface area contributed by atoms with Crippen LogP contribution in [0.1, 0.15) is 86.3 Å². The van der Waals surface area contributed by atoms with Crippen LogP contribution in [0.15, 0.2) is 0 Å². The third-order valence-corrected chi connectivity index (χ3v) is 15.6. The summed E-state index contributed by atoms with van der Waals surface area (Å²) in [5.74, 6) is -7.61. The van der Waals surface area contributed by atoms with Crippen molar-refractivity contribution in [1.82, 2.24) is 0 Å². The van der Waals surface area contributed by atoms with Crippen LogP contribution in [0.4, 0.5) is 22.7 Å². The first-order valence-electron chi connectivity index (χ1n) is 20.2. The Bertz CT molecular complexity index is 2340. The summed E-state index contributed by atoms with van der Waals surface area (Å²) in [6.07, 6.45) is -4.63. The molecule has 0 bridgehead atoms. The molecule has 0 aliphatic rings. The largest absolute Gasteiger partial charge is 0.481 e. The maximum Gasteiger partial charge on any atom is 0.303 e. The molecule has 0 radical (unpaired) electrons. The van der Waals surface area contributed by atoms with Crippen LogP contribution in [0.25, 0.3) is 0 Å². The van der Waals surface area contributed by atoms with Gasteiger partial charge in [-0.05, 0) is 187 Å². The maximum atomic E-state index is 13.4. The number of hydrogen-bond donors (Lipinski definition) is 5. The average Bonchev–Trinajstić information content (AvgIpc) is 3.23. The van der Waals surface area contributed by atoms with Crippen molar-refractivity contribution in [3.05, 3.63) is 32.5 Å². The first-order chi connectivity index (χ1) is 32.3. The van der Waals surface area contributed by atoms with Crippen LogP contribution in [0.3, 0.4) is 0 Å². The molecule has 0 aliphatic heterocycles. The van der Waals surface area contributed by atoms with Crippen LogP contribution in [0, 0.1) is 21.4 Å². The van der Waals surface area contributed by atoms with Gasteiger partial charge in [-0.25, -0.2) is 0 Å². The average molecular weight is 1660 g/mol. The van der Waals surface area contributed by atoms with Gasteiger partial charge in [-0.2, -0.15) is 0 Å². The fourth-order valence-electron chi connectivity index (χ4n) is 5.60. The highest BCUT2D eigenvalue weighted by Crippen LogP contribution is 2.42. The van der Waals surface area contributed by atoms with E-state index in [1.165, 1.54) is 60.3 Å². The number of nitrogens with zero attached hydrogens (tertiary/aromatic N) is 1. The summed E-state index contributed by atoms with van der Waals surface area (Å²) in [6.45, 7) is 11.2. The molecule has 22 nitrogen and oxygen atoms in total. The van der Waals surface area contributed by atoms with Gasteiger partial charge in [-0.3, -0.25) is 52.7 Å². The van der Waals surface area contributed by atoms with E-state index in [0.717, 1.165) is 6.92 Å². The third kappa shape index (κ3) is 20.8. The standard InChI is InChI=1S/C23H27I3N2O10.C19H21I3N2O8/c1-10(37-13(4)30)22(34)27-20-17(24)15(6-7-16(32)33)18(25)21(19(20)26)28(8-9-36-12(3)29)23(35)11(2)38-14(5)31;1-7(31-9(3)25)18(29)23-16-13(20)11(5-6-12(27)28)14(21)17(15(16)22)24-19(30)8(2)32-10(4)26/h10-11H,6-9H2,1-5H3,(H,27,34)(H,32,33);7-8H,5-6H2,1-4H3,(H,23,29)(H,24,30)(H,27,28). The molecular formula is C42H48I6N4O18. The van der Waals surface area contributed by atoms with E-state index in [4.69, 9.17) is 28.8 Å². The number of esters is 5. The van der Waals surface area contributed by atoms with E-state index in [1.54, 1.807) is 0 Å². The molecule has 4 unspecified atom stereocenters. The predicted molar refractivity (Wildman–Crippen MR) is 301 cm³/mol. The van der Waals surface area contributed by atoms with Crippen LogP contribution in [0.2, 0.25) is 0 Å². The second-order valence-electron chi connectivity index (χ2n) is 14.4. The smallest absolute Gasteiger partial charge is 0.303 e. The summed E-state index contributed by atoms with van der Waals surface area (Å²) in [5, 5.41) is 26.5. The number of halogens is 6. The molecular weight excluding hydrogens is 1610 g/mol. The van der Waals surface area contributed by atoms with Crippen molar-refractivity contribution < 1.29 is 86.6 Å². The number of rotatable bonds is 21. The summed E-state index contributed by atoms with van der Waals surface area (Å²) in [5.41, 5.74) is 2.41. The molecule has 0 spiro atoms. The van der Waals surface area contributed by atoms with Gasteiger partial charge in [-0.1, -0.05) is 0 Å². The maximum absolute atomic E-state index is 13.4. The molecule has 5 N–H and O–H groups in total. The number of carboxylic acids is 2. The number of aliphatic carboxylic acids is 2. The van der Waals surface area contributed by atoms with Crippen molar-refractivity contribution in [3.8, 4) is 0 Å². The fourth-order valence-corrected chi connectivity index (χ4v) is 14.4. The second-order valence-corrected chi connectivity index (χ2v) is 20.9. The van der Waals surface area contributed by atoms with E-state index in [2.05, 4.69) is 16.0 Å². The molecule has 28 heteroatoms. The molecule has 386 valence electrons. The lowest BCUT2D eigenvalue weighted by molar-refractivity contribution is -0.151. The Morgan fingerprint density at radius 3 is 1.10 bits per heavy atom. The van der Waals surface area contributed by atoms with E-state index < -0.39 is 89.8 Å². The highest BCUT2D eigenvalue weighted by Gasteiger charge is 2.33. The van der Waals surface area contributed by atoms with Gasteiger partial charge < -0.3 is 54.7 Å². The highest BCUT2D eigenvalue weighted by atomic mass is 127. The Balaban J connectivity index is 0.000000710. The number of ether oxygens (including phenoxy) is 5. The Morgan fingerprint density at radius 1 is 0.471 bits per heavy atom. The fraction of sp³-hybridized carbons (Fsp3) is 0.452. The van der Waals surface area contributed by atoms with Gasteiger partial charge in [0.1, 0.15) is 6.61 Å². The topological polar surface area (TPSA) is 314 Å². The quantitative estimate of drug-likeness (QED) is 0.0502. The molecule has 0 aliphatic carbocycles. The normalized spacial score (nSPS) is 12.2. The summed E-state index contributed by atoms with van der Waals surface area (Å²) < 4.78 is 28.0. The van der Waals surface area contributed by atoms with Crippen molar-refractivity contribution in [2.24, 2.45) is 0 Å². The molecule has 0 saturated carbocycles. The summed E-state index contributed by atoms with van der Waals surface area (Å²) >= 11 is 11.8. The van der Waals surface area contributed by atoms with Gasteiger partial charge in [0.15, 0.2) is 24.4 Å². The zero-order valence-corrected chi connectivity index (χ0v) is 51.6. The molecule has 0 heterocycles. The van der Waals surface area contributed by atoms with E-state index >= 15 is 0 Å². The second kappa shape index (κ2) is 30.9.